The molecule has 1 heterocycles. The highest BCUT2D eigenvalue weighted by molar-refractivity contribution is 7.71. The van der Waals surface area contributed by atoms with E-state index in [1.807, 2.05) is 48.5 Å². The number of nitrogens with zero attached hydrogens (tertiary/aromatic N) is 3. The summed E-state index contributed by atoms with van der Waals surface area (Å²) < 4.78 is 12.5. The molecule has 0 unspecified atom stereocenters. The molecule has 24 heavy (non-hydrogen) atoms. The van der Waals surface area contributed by atoms with Crippen molar-refractivity contribution in [2.45, 2.75) is 0 Å². The monoisotopic (exact) mass is 340 g/mol. The predicted molar refractivity (Wildman–Crippen MR) is 95.4 cm³/mol. The number of ether oxygens (including phenoxy) is 2. The Hall–Kier alpha value is -2.93. The maximum absolute atomic E-state index is 5.32. The standard InChI is InChI=1S/C17H16N4O2S/c1-22-14-9-7-12(8-10-14)16-19-20-17(24)21(16)18-11-13-5-3-4-6-15(13)23-2/h3-11H,1-2H3,(H,20,24)/b18-11+. The van der Waals surface area contributed by atoms with Crippen LogP contribution in [0, 0.1) is 4.77 Å². The van der Waals surface area contributed by atoms with E-state index in [0.717, 1.165) is 22.6 Å². The van der Waals surface area contributed by atoms with E-state index in [1.54, 1.807) is 25.1 Å². The molecule has 0 bridgehead atoms. The van der Waals surface area contributed by atoms with E-state index >= 15 is 0 Å². The van der Waals surface area contributed by atoms with Crippen molar-refractivity contribution in [2.75, 3.05) is 14.2 Å². The zero-order valence-electron chi connectivity index (χ0n) is 13.3. The predicted octanol–water partition coefficient (Wildman–Crippen LogP) is 3.51. The van der Waals surface area contributed by atoms with Gasteiger partial charge in [0.05, 0.1) is 20.4 Å². The van der Waals surface area contributed by atoms with Crippen LogP contribution in [0.2, 0.25) is 0 Å². The number of H-pyrrole nitrogens is 1. The number of para-hydroxylation sites is 1. The van der Waals surface area contributed by atoms with Crippen LogP contribution in [0.5, 0.6) is 11.5 Å². The average Bonchev–Trinajstić information content (AvgIpc) is 3.01. The molecule has 1 N–H and O–H groups in total. The van der Waals surface area contributed by atoms with E-state index in [-0.39, 0.29) is 0 Å². The number of methoxy groups -OCH3 is 2. The van der Waals surface area contributed by atoms with Crippen LogP contribution in [0.4, 0.5) is 0 Å². The lowest BCUT2D eigenvalue weighted by Crippen LogP contribution is -1.96. The zero-order valence-corrected chi connectivity index (χ0v) is 14.1. The minimum atomic E-state index is 0.409. The first-order valence-electron chi connectivity index (χ1n) is 7.22. The van der Waals surface area contributed by atoms with Gasteiger partial charge in [0.1, 0.15) is 11.5 Å². The Morgan fingerprint density at radius 2 is 1.83 bits per heavy atom. The summed E-state index contributed by atoms with van der Waals surface area (Å²) in [5.74, 6) is 2.13. The molecule has 0 saturated heterocycles. The Kier molecular flexibility index (Phi) is 4.72. The second-order valence-corrected chi connectivity index (χ2v) is 5.27. The normalized spacial score (nSPS) is 10.9. The molecule has 1 aromatic heterocycles. The number of nitrogens with one attached hydrogen (secondary N) is 1. The first-order valence-corrected chi connectivity index (χ1v) is 7.63. The van der Waals surface area contributed by atoms with E-state index in [2.05, 4.69) is 15.3 Å². The van der Waals surface area contributed by atoms with Gasteiger partial charge in [0.25, 0.3) is 0 Å². The number of hydrogen-bond donors (Lipinski definition) is 1. The molecule has 2 aromatic carbocycles. The third-order valence-corrected chi connectivity index (χ3v) is 3.71. The molecular formula is C17H16N4O2S. The first-order chi connectivity index (χ1) is 11.7. The Bertz CT molecular complexity index is 913. The SMILES string of the molecule is COc1ccc(-c2n[nH]c(=S)n2/N=C/c2ccccc2OC)cc1. The van der Waals surface area contributed by atoms with E-state index < -0.39 is 0 Å². The van der Waals surface area contributed by atoms with Crippen LogP contribution in [0.15, 0.2) is 53.6 Å². The highest BCUT2D eigenvalue weighted by atomic mass is 32.1. The summed E-state index contributed by atoms with van der Waals surface area (Å²) in [5, 5.41) is 11.5. The van der Waals surface area contributed by atoms with Gasteiger partial charge in [-0.05, 0) is 48.6 Å². The summed E-state index contributed by atoms with van der Waals surface area (Å²) in [6.45, 7) is 0. The Balaban J connectivity index is 1.98. The molecule has 0 aliphatic carbocycles. The molecule has 0 fully saturated rings. The molecule has 3 aromatic rings. The number of aromatic nitrogens is 3. The minimum absolute atomic E-state index is 0.409. The van der Waals surface area contributed by atoms with Gasteiger partial charge in [-0.1, -0.05) is 12.1 Å². The molecule has 3 rings (SSSR count). The van der Waals surface area contributed by atoms with Gasteiger partial charge >= 0.3 is 0 Å². The van der Waals surface area contributed by atoms with Crippen molar-refractivity contribution in [3.05, 3.63) is 58.9 Å². The summed E-state index contributed by atoms with van der Waals surface area (Å²) in [5.41, 5.74) is 1.73. The van der Waals surface area contributed by atoms with Gasteiger partial charge in [-0.2, -0.15) is 14.9 Å². The van der Waals surface area contributed by atoms with Crippen LogP contribution in [0.25, 0.3) is 11.4 Å². The van der Waals surface area contributed by atoms with Crippen molar-refractivity contribution in [2.24, 2.45) is 5.10 Å². The Labute approximate surface area is 144 Å². The number of hydrogen-bond acceptors (Lipinski definition) is 5. The highest BCUT2D eigenvalue weighted by Crippen LogP contribution is 2.21. The second kappa shape index (κ2) is 7.10. The van der Waals surface area contributed by atoms with Crippen molar-refractivity contribution < 1.29 is 9.47 Å². The molecule has 0 amide bonds. The lowest BCUT2D eigenvalue weighted by atomic mass is 10.2. The van der Waals surface area contributed by atoms with Crippen molar-refractivity contribution >= 4 is 18.4 Å². The van der Waals surface area contributed by atoms with Crippen LogP contribution in [-0.2, 0) is 0 Å². The van der Waals surface area contributed by atoms with Gasteiger partial charge in [0.15, 0.2) is 5.82 Å². The molecular weight excluding hydrogens is 324 g/mol. The van der Waals surface area contributed by atoms with E-state index in [0.29, 0.717) is 10.6 Å². The number of aromatic amines is 1. The summed E-state index contributed by atoms with van der Waals surface area (Å²) >= 11 is 5.27. The fourth-order valence-corrected chi connectivity index (χ4v) is 2.40. The summed E-state index contributed by atoms with van der Waals surface area (Å²) in [6.07, 6.45) is 1.69. The topological polar surface area (TPSA) is 64.4 Å². The Morgan fingerprint density at radius 1 is 1.08 bits per heavy atom. The molecule has 7 heteroatoms. The summed E-state index contributed by atoms with van der Waals surface area (Å²) in [7, 11) is 3.25. The lowest BCUT2D eigenvalue weighted by Gasteiger charge is -2.04. The first kappa shape index (κ1) is 15.9. The van der Waals surface area contributed by atoms with Gasteiger partial charge in [-0.3, -0.25) is 0 Å². The third-order valence-electron chi connectivity index (χ3n) is 3.45. The molecule has 0 aliphatic heterocycles. The maximum atomic E-state index is 5.32. The van der Waals surface area contributed by atoms with Crippen LogP contribution in [0.1, 0.15) is 5.56 Å². The fraction of sp³-hybridized carbons (Fsp3) is 0.118. The smallest absolute Gasteiger partial charge is 0.216 e. The number of benzene rings is 2. The van der Waals surface area contributed by atoms with Crippen molar-refractivity contribution in [3.8, 4) is 22.9 Å². The summed E-state index contributed by atoms with van der Waals surface area (Å²) in [4.78, 5) is 0. The molecule has 6 nitrogen and oxygen atoms in total. The quantitative estimate of drug-likeness (QED) is 0.570. The van der Waals surface area contributed by atoms with Crippen molar-refractivity contribution in [3.63, 3.8) is 0 Å². The summed E-state index contributed by atoms with van der Waals surface area (Å²) in [6, 6.07) is 15.1. The van der Waals surface area contributed by atoms with Crippen LogP contribution in [-0.4, -0.2) is 35.3 Å². The van der Waals surface area contributed by atoms with Crippen LogP contribution >= 0.6 is 12.2 Å². The molecule has 0 spiro atoms. The van der Waals surface area contributed by atoms with Crippen LogP contribution < -0.4 is 9.47 Å². The number of rotatable bonds is 5. The zero-order chi connectivity index (χ0) is 16.9. The maximum Gasteiger partial charge on any atom is 0.216 e. The van der Waals surface area contributed by atoms with Crippen LogP contribution in [0.3, 0.4) is 0 Å². The molecule has 122 valence electrons. The van der Waals surface area contributed by atoms with Gasteiger partial charge in [-0.15, -0.1) is 0 Å². The largest absolute Gasteiger partial charge is 0.497 e. The van der Waals surface area contributed by atoms with E-state index in [9.17, 15) is 0 Å². The fourth-order valence-electron chi connectivity index (χ4n) is 2.22. The van der Waals surface area contributed by atoms with E-state index in [4.69, 9.17) is 21.7 Å². The second-order valence-electron chi connectivity index (χ2n) is 4.88. The average molecular weight is 340 g/mol. The van der Waals surface area contributed by atoms with Gasteiger partial charge in [0.2, 0.25) is 4.77 Å². The Morgan fingerprint density at radius 3 is 2.54 bits per heavy atom. The minimum Gasteiger partial charge on any atom is -0.497 e. The van der Waals surface area contributed by atoms with Crippen molar-refractivity contribution in [1.82, 2.24) is 14.9 Å². The lowest BCUT2D eigenvalue weighted by molar-refractivity contribution is 0.414. The van der Waals surface area contributed by atoms with Gasteiger partial charge < -0.3 is 9.47 Å². The highest BCUT2D eigenvalue weighted by Gasteiger charge is 2.08. The molecule has 0 saturated carbocycles. The van der Waals surface area contributed by atoms with Crippen molar-refractivity contribution in [1.29, 1.82) is 0 Å². The van der Waals surface area contributed by atoms with Gasteiger partial charge in [-0.25, -0.2) is 5.10 Å². The van der Waals surface area contributed by atoms with E-state index in [1.165, 1.54) is 0 Å². The molecule has 0 radical (unpaired) electrons. The third kappa shape index (κ3) is 3.21. The van der Waals surface area contributed by atoms with Gasteiger partial charge in [0, 0.05) is 11.1 Å². The molecule has 0 aliphatic rings. The molecule has 0 atom stereocenters.